The van der Waals surface area contributed by atoms with Gasteiger partial charge in [0, 0.05) is 26.2 Å². The molecule has 3 heterocycles. The highest BCUT2D eigenvalue weighted by molar-refractivity contribution is 5.57. The monoisotopic (exact) mass is 508 g/mol. The van der Waals surface area contributed by atoms with Gasteiger partial charge in [0.05, 0.1) is 11.9 Å². The van der Waals surface area contributed by atoms with Gasteiger partial charge in [-0.1, -0.05) is 26.8 Å². The molecule has 2 aromatic heterocycles. The summed E-state index contributed by atoms with van der Waals surface area (Å²) >= 11 is 0. The van der Waals surface area contributed by atoms with E-state index < -0.39 is 11.6 Å². The Morgan fingerprint density at radius 2 is 1.73 bits per heavy atom. The van der Waals surface area contributed by atoms with Crippen LogP contribution in [-0.4, -0.2) is 53.1 Å². The Morgan fingerprint density at radius 3 is 2.46 bits per heavy atom. The van der Waals surface area contributed by atoms with Crippen molar-refractivity contribution in [2.24, 2.45) is 11.8 Å². The lowest BCUT2D eigenvalue weighted by Gasteiger charge is -2.33. The van der Waals surface area contributed by atoms with Crippen molar-refractivity contribution in [2.75, 3.05) is 43.4 Å². The van der Waals surface area contributed by atoms with Gasteiger partial charge in [0.2, 0.25) is 5.82 Å². The lowest BCUT2D eigenvalue weighted by atomic mass is 9.86. The summed E-state index contributed by atoms with van der Waals surface area (Å²) in [4.78, 5) is 16.9. The molecule has 1 fully saturated rings. The van der Waals surface area contributed by atoms with Crippen LogP contribution in [0.5, 0.6) is 11.6 Å². The molecule has 9 heteroatoms. The fourth-order valence-electron chi connectivity index (χ4n) is 5.35. The predicted molar refractivity (Wildman–Crippen MR) is 141 cm³/mol. The van der Waals surface area contributed by atoms with Crippen LogP contribution in [0.3, 0.4) is 0 Å². The van der Waals surface area contributed by atoms with Crippen molar-refractivity contribution < 1.29 is 13.5 Å². The van der Waals surface area contributed by atoms with E-state index in [9.17, 15) is 0 Å². The Balaban J connectivity index is 1.33. The quantitative estimate of drug-likeness (QED) is 0.440. The number of fused-ring (bicyclic) bond motifs is 1. The van der Waals surface area contributed by atoms with Gasteiger partial charge < -0.3 is 19.9 Å². The molecule has 3 unspecified atom stereocenters. The third-order valence-electron chi connectivity index (χ3n) is 7.74. The van der Waals surface area contributed by atoms with E-state index in [1.807, 2.05) is 12.1 Å². The van der Waals surface area contributed by atoms with Crippen LogP contribution in [0, 0.1) is 23.5 Å². The molecule has 1 saturated heterocycles. The number of likely N-dealkylation sites (N-methyl/N-ethyl adjacent to an activating group) is 1. The fourth-order valence-corrected chi connectivity index (χ4v) is 5.35. The van der Waals surface area contributed by atoms with Crippen molar-refractivity contribution in [3.63, 3.8) is 0 Å². The number of halogens is 2. The smallest absolute Gasteiger partial charge is 0.261 e. The first-order valence-corrected chi connectivity index (χ1v) is 13.0. The first-order valence-electron chi connectivity index (χ1n) is 13.0. The van der Waals surface area contributed by atoms with Crippen molar-refractivity contribution in [3.8, 4) is 11.6 Å². The average Bonchev–Trinajstić information content (AvgIpc) is 2.99. The molecule has 7 nitrogen and oxygen atoms in total. The lowest BCUT2D eigenvalue weighted by molar-refractivity contribution is 0.313. The molecule has 1 aromatic carbocycles. The largest absolute Gasteiger partial charge is 0.433 e. The number of ether oxygens (including phenoxy) is 1. The molecule has 3 aromatic rings. The van der Waals surface area contributed by atoms with Gasteiger partial charge in [-0.05, 0) is 67.0 Å². The second-order valence-corrected chi connectivity index (χ2v) is 10.5. The van der Waals surface area contributed by atoms with Crippen LogP contribution in [0.1, 0.15) is 44.2 Å². The molecule has 1 aliphatic carbocycles. The van der Waals surface area contributed by atoms with Crippen LogP contribution in [0.4, 0.5) is 26.1 Å². The molecular formula is C28H34F2N6O. The molecule has 3 atom stereocenters. The summed E-state index contributed by atoms with van der Waals surface area (Å²) in [5.41, 5.74) is 2.67. The number of anilines is 3. The number of rotatable bonds is 5. The van der Waals surface area contributed by atoms with E-state index in [-0.39, 0.29) is 23.4 Å². The van der Waals surface area contributed by atoms with E-state index in [2.05, 4.69) is 57.9 Å². The molecule has 37 heavy (non-hydrogen) atoms. The Kier molecular flexibility index (Phi) is 7.24. The van der Waals surface area contributed by atoms with E-state index in [0.717, 1.165) is 43.9 Å². The maximum atomic E-state index is 15.6. The standard InChI is InChI=1S/C28H34F2N6O/c1-17-13-18(2)19(3)21-6-7-23(25(29)22(21)14-17)37-28-26(30)27(32-16-33-28)34-24-8-5-20(15-31-24)36-11-9-35(4)10-12-36/h5-8,15-19H,9-14H2,1-4H3,(H,31,32,33,34). The molecule has 1 aliphatic heterocycles. The molecule has 5 rings (SSSR count). The van der Waals surface area contributed by atoms with Crippen LogP contribution >= 0.6 is 0 Å². The second kappa shape index (κ2) is 10.6. The first-order chi connectivity index (χ1) is 17.8. The highest BCUT2D eigenvalue weighted by Crippen LogP contribution is 2.40. The van der Waals surface area contributed by atoms with Gasteiger partial charge >= 0.3 is 0 Å². The van der Waals surface area contributed by atoms with E-state index in [1.165, 1.54) is 6.33 Å². The minimum Gasteiger partial charge on any atom is -0.433 e. The van der Waals surface area contributed by atoms with Crippen LogP contribution in [0.2, 0.25) is 0 Å². The third kappa shape index (κ3) is 5.37. The highest BCUT2D eigenvalue weighted by Gasteiger charge is 2.28. The molecule has 0 spiro atoms. The minimum absolute atomic E-state index is 0.0362. The van der Waals surface area contributed by atoms with Gasteiger partial charge in [0.15, 0.2) is 17.4 Å². The maximum Gasteiger partial charge on any atom is 0.261 e. The number of benzene rings is 1. The summed E-state index contributed by atoms with van der Waals surface area (Å²) in [6.45, 7) is 10.3. The molecule has 0 saturated carbocycles. The molecule has 1 N–H and O–H groups in total. The minimum atomic E-state index is -0.808. The molecule has 0 radical (unpaired) electrons. The molecule has 2 aliphatic rings. The number of hydrogen-bond acceptors (Lipinski definition) is 7. The van der Waals surface area contributed by atoms with Crippen LogP contribution < -0.4 is 15.0 Å². The summed E-state index contributed by atoms with van der Waals surface area (Å²) in [6, 6.07) is 7.20. The zero-order chi connectivity index (χ0) is 26.1. The van der Waals surface area contributed by atoms with Gasteiger partial charge in [0.25, 0.3) is 5.88 Å². The van der Waals surface area contributed by atoms with E-state index in [4.69, 9.17) is 4.74 Å². The molecule has 0 bridgehead atoms. The van der Waals surface area contributed by atoms with Crippen LogP contribution in [0.15, 0.2) is 36.8 Å². The number of hydrogen-bond donors (Lipinski definition) is 1. The van der Waals surface area contributed by atoms with Crippen LogP contribution in [-0.2, 0) is 6.42 Å². The van der Waals surface area contributed by atoms with Crippen molar-refractivity contribution >= 4 is 17.3 Å². The maximum absolute atomic E-state index is 15.6. The molecular weight excluding hydrogens is 474 g/mol. The highest BCUT2D eigenvalue weighted by atomic mass is 19.1. The average molecular weight is 509 g/mol. The Morgan fingerprint density at radius 1 is 0.946 bits per heavy atom. The van der Waals surface area contributed by atoms with Crippen molar-refractivity contribution in [2.45, 2.75) is 39.5 Å². The van der Waals surface area contributed by atoms with E-state index >= 15 is 8.78 Å². The number of nitrogens with one attached hydrogen (secondary N) is 1. The summed E-state index contributed by atoms with van der Waals surface area (Å²) < 4.78 is 36.5. The predicted octanol–water partition coefficient (Wildman–Crippen LogP) is 5.76. The Hall–Kier alpha value is -3.33. The van der Waals surface area contributed by atoms with Crippen LogP contribution in [0.25, 0.3) is 0 Å². The van der Waals surface area contributed by atoms with Gasteiger partial charge in [-0.3, -0.25) is 0 Å². The topological polar surface area (TPSA) is 66.4 Å². The third-order valence-corrected chi connectivity index (χ3v) is 7.74. The van der Waals surface area contributed by atoms with Gasteiger partial charge in [-0.25, -0.2) is 14.4 Å². The van der Waals surface area contributed by atoms with Gasteiger partial charge in [0.1, 0.15) is 12.1 Å². The van der Waals surface area contributed by atoms with Crippen molar-refractivity contribution in [1.29, 1.82) is 0 Å². The van der Waals surface area contributed by atoms with Crippen molar-refractivity contribution in [3.05, 3.63) is 59.6 Å². The SMILES string of the molecule is CC1Cc2c(ccc(Oc3ncnc(Nc4ccc(N5CCN(C)CC5)cn4)c3F)c2F)C(C)C(C)C1. The number of aromatic nitrogens is 3. The number of pyridine rings is 1. The van der Waals surface area contributed by atoms with Crippen molar-refractivity contribution in [1.82, 2.24) is 19.9 Å². The van der Waals surface area contributed by atoms with E-state index in [0.29, 0.717) is 29.6 Å². The lowest BCUT2D eigenvalue weighted by Crippen LogP contribution is -2.44. The zero-order valence-electron chi connectivity index (χ0n) is 21.8. The normalized spacial score (nSPS) is 22.3. The molecule has 196 valence electrons. The summed E-state index contributed by atoms with van der Waals surface area (Å²) in [5.74, 6) is -0.226. The van der Waals surface area contributed by atoms with E-state index in [1.54, 1.807) is 18.3 Å². The Labute approximate surface area is 216 Å². The number of piperazine rings is 1. The number of nitrogens with zero attached hydrogens (tertiary/aromatic N) is 5. The zero-order valence-corrected chi connectivity index (χ0v) is 21.8. The summed E-state index contributed by atoms with van der Waals surface area (Å²) in [5, 5.41) is 2.89. The van der Waals surface area contributed by atoms with Gasteiger partial charge in [-0.2, -0.15) is 9.37 Å². The fraction of sp³-hybridized carbons (Fsp3) is 0.464. The summed E-state index contributed by atoms with van der Waals surface area (Å²) in [7, 11) is 2.11. The first kappa shape index (κ1) is 25.3. The van der Waals surface area contributed by atoms with Gasteiger partial charge in [-0.15, -0.1) is 0 Å². The Bertz CT molecular complexity index is 1250. The molecule has 0 amide bonds. The summed E-state index contributed by atoms with van der Waals surface area (Å²) in [6.07, 6.45) is 4.61. The second-order valence-electron chi connectivity index (χ2n) is 10.5.